The number of hydrogen-bond acceptors (Lipinski definition) is 2. The van der Waals surface area contributed by atoms with Gasteiger partial charge in [-0.3, -0.25) is 0 Å². The Balaban J connectivity index is 2.16. The van der Waals surface area contributed by atoms with Crippen LogP contribution in [-0.2, 0) is 6.61 Å². The summed E-state index contributed by atoms with van der Waals surface area (Å²) in [7, 11) is 0. The van der Waals surface area contributed by atoms with Crippen LogP contribution in [0.1, 0.15) is 16.7 Å². The molecular formula is C15H12ClNO. The zero-order chi connectivity index (χ0) is 13.0. The van der Waals surface area contributed by atoms with Crippen molar-refractivity contribution in [1.82, 2.24) is 0 Å². The Bertz CT molecular complexity index is 602. The van der Waals surface area contributed by atoms with Gasteiger partial charge in [-0.2, -0.15) is 5.26 Å². The number of ether oxygens (including phenoxy) is 1. The minimum absolute atomic E-state index is 0.359. The van der Waals surface area contributed by atoms with Crippen molar-refractivity contribution in [3.05, 3.63) is 64.2 Å². The van der Waals surface area contributed by atoms with E-state index in [4.69, 9.17) is 21.6 Å². The summed E-state index contributed by atoms with van der Waals surface area (Å²) >= 11 is 6.04. The van der Waals surface area contributed by atoms with Gasteiger partial charge in [0.05, 0.1) is 5.56 Å². The molecular weight excluding hydrogens is 246 g/mol. The molecule has 0 saturated heterocycles. The van der Waals surface area contributed by atoms with Gasteiger partial charge in [0, 0.05) is 10.6 Å². The van der Waals surface area contributed by atoms with Gasteiger partial charge >= 0.3 is 0 Å². The fourth-order valence-electron chi connectivity index (χ4n) is 1.63. The summed E-state index contributed by atoms with van der Waals surface area (Å²) in [5, 5.41) is 9.71. The van der Waals surface area contributed by atoms with Gasteiger partial charge in [0.2, 0.25) is 0 Å². The second-order valence-corrected chi connectivity index (χ2v) is 4.40. The van der Waals surface area contributed by atoms with E-state index in [0.717, 1.165) is 11.1 Å². The van der Waals surface area contributed by atoms with Crippen LogP contribution in [0, 0.1) is 18.3 Å². The van der Waals surface area contributed by atoms with Crippen molar-refractivity contribution < 1.29 is 4.74 Å². The van der Waals surface area contributed by atoms with Gasteiger partial charge in [0.1, 0.15) is 18.4 Å². The minimum atomic E-state index is 0.359. The van der Waals surface area contributed by atoms with Crippen LogP contribution in [-0.4, -0.2) is 0 Å². The normalized spacial score (nSPS) is 9.83. The number of aryl methyl sites for hydroxylation is 1. The van der Waals surface area contributed by atoms with Gasteiger partial charge in [0.25, 0.3) is 0 Å². The summed E-state index contributed by atoms with van der Waals surface area (Å²) in [6.07, 6.45) is 0. The SMILES string of the molecule is Cc1ccc(OCc2ccccc2Cl)c(C#N)c1. The maximum absolute atomic E-state index is 9.04. The molecule has 2 rings (SSSR count). The maximum atomic E-state index is 9.04. The van der Waals surface area contributed by atoms with Crippen molar-refractivity contribution in [1.29, 1.82) is 5.26 Å². The number of nitrogens with zero attached hydrogens (tertiary/aromatic N) is 1. The van der Waals surface area contributed by atoms with E-state index in [1.807, 2.05) is 49.4 Å². The Labute approximate surface area is 111 Å². The molecule has 0 bridgehead atoms. The standard InChI is InChI=1S/C15H12ClNO/c1-11-6-7-15(13(8-11)9-17)18-10-12-4-2-3-5-14(12)16/h2-8H,10H2,1H3. The fourth-order valence-corrected chi connectivity index (χ4v) is 1.82. The third kappa shape index (κ3) is 2.82. The molecule has 2 aromatic carbocycles. The van der Waals surface area contributed by atoms with E-state index in [-0.39, 0.29) is 0 Å². The summed E-state index contributed by atoms with van der Waals surface area (Å²) in [6.45, 7) is 2.30. The smallest absolute Gasteiger partial charge is 0.137 e. The zero-order valence-corrected chi connectivity index (χ0v) is 10.7. The summed E-state index contributed by atoms with van der Waals surface area (Å²) in [6, 6.07) is 15.2. The van der Waals surface area contributed by atoms with Crippen LogP contribution in [0.3, 0.4) is 0 Å². The Hall–Kier alpha value is -1.98. The molecule has 2 aromatic rings. The molecule has 0 fully saturated rings. The number of benzene rings is 2. The molecule has 0 amide bonds. The lowest BCUT2D eigenvalue weighted by atomic mass is 10.1. The van der Waals surface area contributed by atoms with Crippen LogP contribution >= 0.6 is 11.6 Å². The minimum Gasteiger partial charge on any atom is -0.487 e. The number of nitriles is 1. The van der Waals surface area contributed by atoms with Crippen molar-refractivity contribution in [3.63, 3.8) is 0 Å². The van der Waals surface area contributed by atoms with Crippen LogP contribution in [0.25, 0.3) is 0 Å². The van der Waals surface area contributed by atoms with Crippen molar-refractivity contribution in [3.8, 4) is 11.8 Å². The maximum Gasteiger partial charge on any atom is 0.137 e. The van der Waals surface area contributed by atoms with Gasteiger partial charge in [-0.1, -0.05) is 35.9 Å². The van der Waals surface area contributed by atoms with Crippen LogP contribution in [0.15, 0.2) is 42.5 Å². The lowest BCUT2D eigenvalue weighted by Gasteiger charge is -2.09. The molecule has 90 valence electrons. The molecule has 18 heavy (non-hydrogen) atoms. The molecule has 0 unspecified atom stereocenters. The Morgan fingerprint density at radius 3 is 2.72 bits per heavy atom. The highest BCUT2D eigenvalue weighted by atomic mass is 35.5. The third-order valence-electron chi connectivity index (χ3n) is 2.60. The van der Waals surface area contributed by atoms with Gasteiger partial charge in [-0.15, -0.1) is 0 Å². The monoisotopic (exact) mass is 257 g/mol. The van der Waals surface area contributed by atoms with Crippen molar-refractivity contribution in [2.45, 2.75) is 13.5 Å². The predicted octanol–water partition coefficient (Wildman–Crippen LogP) is 4.10. The van der Waals surface area contributed by atoms with Crippen LogP contribution in [0.4, 0.5) is 0 Å². The van der Waals surface area contributed by atoms with E-state index < -0.39 is 0 Å². The van der Waals surface area contributed by atoms with Crippen LogP contribution in [0.5, 0.6) is 5.75 Å². The first-order valence-electron chi connectivity index (χ1n) is 5.57. The van der Waals surface area contributed by atoms with Crippen molar-refractivity contribution in [2.24, 2.45) is 0 Å². The molecule has 0 saturated carbocycles. The quantitative estimate of drug-likeness (QED) is 0.829. The second-order valence-electron chi connectivity index (χ2n) is 3.99. The lowest BCUT2D eigenvalue weighted by molar-refractivity contribution is 0.305. The van der Waals surface area contributed by atoms with Gasteiger partial charge < -0.3 is 4.74 Å². The Kier molecular flexibility index (Phi) is 3.86. The average molecular weight is 258 g/mol. The van der Waals surface area contributed by atoms with Gasteiger partial charge in [-0.25, -0.2) is 0 Å². The highest BCUT2D eigenvalue weighted by molar-refractivity contribution is 6.31. The highest BCUT2D eigenvalue weighted by Gasteiger charge is 2.05. The van der Waals surface area contributed by atoms with E-state index in [1.54, 1.807) is 0 Å². The molecule has 0 heterocycles. The predicted molar refractivity (Wildman–Crippen MR) is 71.7 cm³/mol. The largest absolute Gasteiger partial charge is 0.487 e. The molecule has 0 spiro atoms. The first-order valence-corrected chi connectivity index (χ1v) is 5.95. The van der Waals surface area contributed by atoms with E-state index in [2.05, 4.69) is 6.07 Å². The molecule has 0 N–H and O–H groups in total. The van der Waals surface area contributed by atoms with E-state index >= 15 is 0 Å². The second kappa shape index (κ2) is 5.57. The molecule has 3 heteroatoms. The first-order chi connectivity index (χ1) is 8.70. The fraction of sp³-hybridized carbons (Fsp3) is 0.133. The average Bonchev–Trinajstić information content (AvgIpc) is 2.39. The summed E-state index contributed by atoms with van der Waals surface area (Å²) in [5.41, 5.74) is 2.49. The summed E-state index contributed by atoms with van der Waals surface area (Å²) < 4.78 is 5.64. The van der Waals surface area contributed by atoms with Crippen molar-refractivity contribution in [2.75, 3.05) is 0 Å². The van der Waals surface area contributed by atoms with Gasteiger partial charge in [0.15, 0.2) is 0 Å². The molecule has 0 aliphatic rings. The number of halogens is 1. The molecule has 0 aliphatic heterocycles. The number of rotatable bonds is 3. The van der Waals surface area contributed by atoms with E-state index in [1.165, 1.54) is 0 Å². The molecule has 2 nitrogen and oxygen atoms in total. The molecule has 0 aliphatic carbocycles. The Morgan fingerprint density at radius 2 is 2.00 bits per heavy atom. The van der Waals surface area contributed by atoms with Crippen molar-refractivity contribution >= 4 is 11.6 Å². The first kappa shape index (κ1) is 12.5. The van der Waals surface area contributed by atoms with Crippen LogP contribution in [0.2, 0.25) is 5.02 Å². The number of hydrogen-bond donors (Lipinski definition) is 0. The zero-order valence-electron chi connectivity index (χ0n) is 9.98. The Morgan fingerprint density at radius 1 is 1.22 bits per heavy atom. The molecule has 0 radical (unpaired) electrons. The topological polar surface area (TPSA) is 33.0 Å². The molecule has 0 aromatic heterocycles. The summed E-state index contributed by atoms with van der Waals surface area (Å²) in [5.74, 6) is 0.586. The third-order valence-corrected chi connectivity index (χ3v) is 2.97. The van der Waals surface area contributed by atoms with E-state index in [9.17, 15) is 0 Å². The highest BCUT2D eigenvalue weighted by Crippen LogP contribution is 2.22. The van der Waals surface area contributed by atoms with Gasteiger partial charge in [-0.05, 0) is 30.7 Å². The lowest BCUT2D eigenvalue weighted by Crippen LogP contribution is -1.98. The molecule has 0 atom stereocenters. The van der Waals surface area contributed by atoms with Crippen LogP contribution < -0.4 is 4.74 Å². The van der Waals surface area contributed by atoms with E-state index in [0.29, 0.717) is 22.9 Å². The summed E-state index contributed by atoms with van der Waals surface area (Å²) in [4.78, 5) is 0.